The van der Waals surface area contributed by atoms with Crippen molar-refractivity contribution in [2.75, 3.05) is 0 Å². The van der Waals surface area contributed by atoms with Gasteiger partial charge >= 0.3 is 0 Å². The van der Waals surface area contributed by atoms with E-state index in [1.807, 2.05) is 41.8 Å². The largest absolute Gasteiger partial charge is 0.273 e. The number of hydrazine groups is 1. The molecule has 0 radical (unpaired) electrons. The maximum atomic E-state index is 11.7. The van der Waals surface area contributed by atoms with Crippen molar-refractivity contribution in [3.05, 3.63) is 58.3 Å². The summed E-state index contributed by atoms with van der Waals surface area (Å²) in [6.45, 7) is 0. The summed E-state index contributed by atoms with van der Waals surface area (Å²) < 4.78 is 0. The molecule has 0 spiro atoms. The average Bonchev–Trinajstić information content (AvgIpc) is 2.99. The third kappa shape index (κ3) is 5.79. The topological polar surface area (TPSA) is 58.2 Å². The maximum absolute atomic E-state index is 11.7. The molecule has 0 bridgehead atoms. The van der Waals surface area contributed by atoms with Gasteiger partial charge in [-0.15, -0.1) is 11.3 Å². The number of benzene rings is 1. The molecule has 0 saturated carbocycles. The summed E-state index contributed by atoms with van der Waals surface area (Å²) in [4.78, 5) is 24.5. The standard InChI is InChI=1S/C16H18N2O2S/c19-15(10-4-8-14-9-5-11-21-14)17-18-16(20)12-13-6-2-1-3-7-13/h1-3,5-7,9,11H,4,8,10,12H2,(H,17,19)(H,18,20). The molecule has 0 atom stereocenters. The van der Waals surface area contributed by atoms with Gasteiger partial charge in [0, 0.05) is 11.3 Å². The molecule has 1 aromatic heterocycles. The van der Waals surface area contributed by atoms with Gasteiger partial charge in [-0.1, -0.05) is 36.4 Å². The highest BCUT2D eigenvalue weighted by Crippen LogP contribution is 2.11. The summed E-state index contributed by atoms with van der Waals surface area (Å²) in [6.07, 6.45) is 2.34. The van der Waals surface area contributed by atoms with Crippen LogP contribution in [-0.2, 0) is 22.4 Å². The lowest BCUT2D eigenvalue weighted by Crippen LogP contribution is -2.42. The quantitative estimate of drug-likeness (QED) is 0.805. The number of hydrogen-bond acceptors (Lipinski definition) is 3. The van der Waals surface area contributed by atoms with Crippen LogP contribution < -0.4 is 10.9 Å². The van der Waals surface area contributed by atoms with Crippen molar-refractivity contribution in [1.29, 1.82) is 0 Å². The van der Waals surface area contributed by atoms with Crippen LogP contribution >= 0.6 is 11.3 Å². The number of nitrogens with one attached hydrogen (secondary N) is 2. The van der Waals surface area contributed by atoms with Gasteiger partial charge in [-0.25, -0.2) is 0 Å². The first kappa shape index (κ1) is 15.3. The number of rotatable bonds is 6. The van der Waals surface area contributed by atoms with Crippen LogP contribution in [0.1, 0.15) is 23.3 Å². The monoisotopic (exact) mass is 302 g/mol. The highest BCUT2D eigenvalue weighted by atomic mass is 32.1. The van der Waals surface area contributed by atoms with Crippen molar-refractivity contribution >= 4 is 23.2 Å². The van der Waals surface area contributed by atoms with Crippen LogP contribution in [-0.4, -0.2) is 11.8 Å². The predicted molar refractivity (Wildman–Crippen MR) is 83.7 cm³/mol. The minimum Gasteiger partial charge on any atom is -0.273 e. The lowest BCUT2D eigenvalue weighted by molar-refractivity contribution is -0.128. The third-order valence-corrected chi connectivity index (χ3v) is 3.89. The Bertz CT molecular complexity index is 567. The molecule has 0 aliphatic rings. The number of hydrogen-bond donors (Lipinski definition) is 2. The third-order valence-electron chi connectivity index (χ3n) is 2.96. The zero-order valence-electron chi connectivity index (χ0n) is 11.7. The lowest BCUT2D eigenvalue weighted by Gasteiger charge is -2.07. The molecule has 21 heavy (non-hydrogen) atoms. The Morgan fingerprint density at radius 3 is 2.43 bits per heavy atom. The zero-order valence-corrected chi connectivity index (χ0v) is 12.5. The van der Waals surface area contributed by atoms with Crippen LogP contribution in [0.25, 0.3) is 0 Å². The summed E-state index contributed by atoms with van der Waals surface area (Å²) in [5.74, 6) is -0.374. The van der Waals surface area contributed by atoms with Crippen molar-refractivity contribution in [2.24, 2.45) is 0 Å². The first-order chi connectivity index (χ1) is 10.2. The summed E-state index contributed by atoms with van der Waals surface area (Å²) in [7, 11) is 0. The predicted octanol–water partition coefficient (Wildman–Crippen LogP) is 2.46. The van der Waals surface area contributed by atoms with Crippen molar-refractivity contribution in [3.63, 3.8) is 0 Å². The fourth-order valence-corrected chi connectivity index (χ4v) is 2.66. The highest BCUT2D eigenvalue weighted by Gasteiger charge is 2.05. The fraction of sp³-hybridized carbons (Fsp3) is 0.250. The minimum absolute atomic E-state index is 0.159. The Labute approximate surface area is 128 Å². The first-order valence-corrected chi connectivity index (χ1v) is 7.76. The number of aryl methyl sites for hydroxylation is 1. The highest BCUT2D eigenvalue weighted by molar-refractivity contribution is 7.09. The van der Waals surface area contributed by atoms with Crippen LogP contribution in [0.15, 0.2) is 47.8 Å². The van der Waals surface area contributed by atoms with Crippen LogP contribution in [0, 0.1) is 0 Å². The molecule has 0 unspecified atom stereocenters. The van der Waals surface area contributed by atoms with E-state index >= 15 is 0 Å². The van der Waals surface area contributed by atoms with E-state index in [1.54, 1.807) is 11.3 Å². The van der Waals surface area contributed by atoms with Gasteiger partial charge in [0.05, 0.1) is 6.42 Å². The molecule has 2 N–H and O–H groups in total. The van der Waals surface area contributed by atoms with E-state index in [2.05, 4.69) is 16.9 Å². The molecule has 1 heterocycles. The van der Waals surface area contributed by atoms with Crippen LogP contribution in [0.5, 0.6) is 0 Å². The smallest absolute Gasteiger partial charge is 0.242 e. The van der Waals surface area contributed by atoms with E-state index in [9.17, 15) is 9.59 Å². The molecule has 110 valence electrons. The number of carbonyl (C=O) groups excluding carboxylic acids is 2. The molecule has 0 aliphatic heterocycles. The van der Waals surface area contributed by atoms with Gasteiger partial charge < -0.3 is 0 Å². The molecule has 4 nitrogen and oxygen atoms in total. The van der Waals surface area contributed by atoms with E-state index in [-0.39, 0.29) is 18.2 Å². The van der Waals surface area contributed by atoms with E-state index in [0.29, 0.717) is 6.42 Å². The molecule has 0 saturated heterocycles. The van der Waals surface area contributed by atoms with Gasteiger partial charge in [-0.2, -0.15) is 0 Å². The first-order valence-electron chi connectivity index (χ1n) is 6.88. The van der Waals surface area contributed by atoms with Gasteiger partial charge in [0.15, 0.2) is 0 Å². The lowest BCUT2D eigenvalue weighted by atomic mass is 10.1. The van der Waals surface area contributed by atoms with Gasteiger partial charge in [0.1, 0.15) is 0 Å². The number of amides is 2. The van der Waals surface area contributed by atoms with Crippen LogP contribution in [0.3, 0.4) is 0 Å². The molecular weight excluding hydrogens is 284 g/mol. The van der Waals surface area contributed by atoms with Gasteiger partial charge in [-0.3, -0.25) is 20.4 Å². The van der Waals surface area contributed by atoms with E-state index in [1.165, 1.54) is 4.88 Å². The maximum Gasteiger partial charge on any atom is 0.242 e. The minimum atomic E-state index is -0.215. The molecule has 0 aliphatic carbocycles. The molecule has 2 rings (SSSR count). The molecule has 1 aromatic carbocycles. The second kappa shape index (κ2) is 8.21. The molecular formula is C16H18N2O2S. The summed E-state index contributed by atoms with van der Waals surface area (Å²) in [5.41, 5.74) is 5.80. The molecule has 2 amide bonds. The Morgan fingerprint density at radius 2 is 1.71 bits per heavy atom. The normalized spacial score (nSPS) is 10.1. The van der Waals surface area contributed by atoms with E-state index in [4.69, 9.17) is 0 Å². The Hall–Kier alpha value is -2.14. The second-order valence-corrected chi connectivity index (χ2v) is 5.72. The van der Waals surface area contributed by atoms with E-state index < -0.39 is 0 Å². The van der Waals surface area contributed by atoms with Crippen LogP contribution in [0.4, 0.5) is 0 Å². The van der Waals surface area contributed by atoms with Gasteiger partial charge in [0.25, 0.3) is 0 Å². The van der Waals surface area contributed by atoms with Crippen molar-refractivity contribution < 1.29 is 9.59 Å². The number of thiophene rings is 1. The molecule has 0 fully saturated rings. The Morgan fingerprint density at radius 1 is 0.952 bits per heavy atom. The van der Waals surface area contributed by atoms with Crippen molar-refractivity contribution in [2.45, 2.75) is 25.7 Å². The SMILES string of the molecule is O=C(CCCc1cccs1)NNC(=O)Cc1ccccc1. The van der Waals surface area contributed by atoms with E-state index in [0.717, 1.165) is 18.4 Å². The van der Waals surface area contributed by atoms with Gasteiger partial charge in [0.2, 0.25) is 11.8 Å². The Balaban J connectivity index is 1.61. The Kier molecular flexibility index (Phi) is 5.97. The number of carbonyl (C=O) groups is 2. The average molecular weight is 302 g/mol. The molecule has 5 heteroatoms. The van der Waals surface area contributed by atoms with Crippen molar-refractivity contribution in [1.82, 2.24) is 10.9 Å². The summed E-state index contributed by atoms with van der Waals surface area (Å²) in [5, 5.41) is 2.03. The van der Waals surface area contributed by atoms with Crippen molar-refractivity contribution in [3.8, 4) is 0 Å². The van der Waals surface area contributed by atoms with Gasteiger partial charge in [-0.05, 0) is 29.9 Å². The zero-order chi connectivity index (χ0) is 14.9. The summed E-state index contributed by atoms with van der Waals surface area (Å²) >= 11 is 1.69. The second-order valence-electron chi connectivity index (χ2n) is 4.69. The molecule has 2 aromatic rings. The van der Waals surface area contributed by atoms with Crippen LogP contribution in [0.2, 0.25) is 0 Å². The summed E-state index contributed by atoms with van der Waals surface area (Å²) in [6, 6.07) is 13.5. The fourth-order valence-electron chi connectivity index (χ4n) is 1.91.